The first kappa shape index (κ1) is 26.5. The van der Waals surface area contributed by atoms with Gasteiger partial charge < -0.3 is 19.5 Å². The number of nitrogens with one attached hydrogen (secondary N) is 1. The van der Waals surface area contributed by atoms with Crippen LogP contribution < -0.4 is 5.32 Å². The van der Waals surface area contributed by atoms with Crippen molar-refractivity contribution >= 4 is 13.8 Å². The largest absolute Gasteiger partial charge is 0.377 e. The first-order chi connectivity index (χ1) is 14.1. The van der Waals surface area contributed by atoms with E-state index in [-0.39, 0.29) is 30.2 Å². The van der Waals surface area contributed by atoms with E-state index < -0.39 is 0 Å². The molecule has 1 unspecified atom stereocenters. The first-order valence-electron chi connectivity index (χ1n) is 12.1. The van der Waals surface area contributed by atoms with E-state index in [4.69, 9.17) is 14.2 Å². The van der Waals surface area contributed by atoms with Gasteiger partial charge in [0, 0.05) is 27.2 Å². The number of carbonyl (C=O) groups excluding carboxylic acids is 1. The van der Waals surface area contributed by atoms with Gasteiger partial charge in [-0.1, -0.05) is 84.0 Å². The molecule has 0 saturated carbocycles. The molecule has 0 aromatic rings. The zero-order valence-corrected chi connectivity index (χ0v) is 19.5. The lowest BCUT2D eigenvalue weighted by Crippen LogP contribution is -2.41. The molecule has 6 heteroatoms. The van der Waals surface area contributed by atoms with E-state index in [1.807, 2.05) is 7.85 Å². The molecule has 1 aliphatic heterocycles. The van der Waals surface area contributed by atoms with Crippen molar-refractivity contribution < 1.29 is 19.0 Å². The number of unbranched alkanes of at least 4 members (excludes halogenated alkanes) is 12. The highest BCUT2D eigenvalue weighted by Gasteiger charge is 2.42. The third-order valence-corrected chi connectivity index (χ3v) is 6.09. The number of carbonyl (C=O) groups is 1. The number of ether oxygens (including phenoxy) is 3. The summed E-state index contributed by atoms with van der Waals surface area (Å²) in [5.41, 5.74) is 0. The van der Waals surface area contributed by atoms with E-state index in [0.717, 1.165) is 12.8 Å². The first-order valence-corrected chi connectivity index (χ1v) is 12.1. The minimum Gasteiger partial charge on any atom is -0.377 e. The van der Waals surface area contributed by atoms with Crippen molar-refractivity contribution in [3.8, 4) is 0 Å². The van der Waals surface area contributed by atoms with Gasteiger partial charge in [0.05, 0.1) is 6.00 Å². The quantitative estimate of drug-likeness (QED) is 0.274. The lowest BCUT2D eigenvalue weighted by atomic mass is 9.93. The second-order valence-electron chi connectivity index (χ2n) is 8.58. The number of hydrogen-bond acceptors (Lipinski definition) is 4. The highest BCUT2D eigenvalue weighted by molar-refractivity contribution is 6.11. The van der Waals surface area contributed by atoms with Gasteiger partial charge in [0.1, 0.15) is 26.2 Å². The Balaban J connectivity index is 1.93. The van der Waals surface area contributed by atoms with Gasteiger partial charge in [0.2, 0.25) is 5.91 Å². The average molecular weight is 411 g/mol. The highest BCUT2D eigenvalue weighted by atomic mass is 16.6. The third-order valence-electron chi connectivity index (χ3n) is 6.09. The van der Waals surface area contributed by atoms with Crippen LogP contribution in [0.3, 0.4) is 0 Å². The molecule has 1 N–H and O–H groups in total. The lowest BCUT2D eigenvalue weighted by Gasteiger charge is -2.21. The Morgan fingerprint density at radius 2 is 1.31 bits per heavy atom. The fraction of sp³-hybridized carbons (Fsp3) is 0.957. The lowest BCUT2D eigenvalue weighted by molar-refractivity contribution is -0.122. The predicted molar refractivity (Wildman–Crippen MR) is 122 cm³/mol. The van der Waals surface area contributed by atoms with Crippen molar-refractivity contribution in [1.29, 1.82) is 0 Å². The normalized spacial score (nSPS) is 24.1. The summed E-state index contributed by atoms with van der Waals surface area (Å²) in [6.07, 6.45) is 17.4. The number of methoxy groups -OCH3 is 2. The summed E-state index contributed by atoms with van der Waals surface area (Å²) in [7, 11) is 5.32. The summed E-state index contributed by atoms with van der Waals surface area (Å²) in [6, 6.07) is -0.0205. The maximum absolute atomic E-state index is 12.1. The summed E-state index contributed by atoms with van der Waals surface area (Å²) in [6.45, 7) is 2.76. The molecule has 4 atom stereocenters. The molecular weight excluding hydrogens is 365 g/mol. The molecule has 0 spiro atoms. The highest BCUT2D eigenvalue weighted by Crippen LogP contribution is 2.23. The van der Waals surface area contributed by atoms with Crippen LogP contribution >= 0.6 is 0 Å². The SMILES string of the molecule is B[C@@H]1O[C@H](CNC(=O)CCCCCCCCCCCCCCC)C(OC)[C@@H]1OC. The number of rotatable bonds is 18. The maximum Gasteiger partial charge on any atom is 0.220 e. The molecule has 1 saturated heterocycles. The van der Waals surface area contributed by atoms with Gasteiger partial charge in [-0.25, -0.2) is 0 Å². The smallest absolute Gasteiger partial charge is 0.220 e. The second-order valence-corrected chi connectivity index (χ2v) is 8.58. The molecule has 0 radical (unpaired) electrons. The molecule has 1 heterocycles. The van der Waals surface area contributed by atoms with Crippen molar-refractivity contribution in [3.05, 3.63) is 0 Å². The van der Waals surface area contributed by atoms with Crippen molar-refractivity contribution in [1.82, 2.24) is 5.32 Å². The monoisotopic (exact) mass is 411 g/mol. The molecular formula is C23H46BNO4. The third kappa shape index (κ3) is 11.4. The molecule has 0 aromatic heterocycles. The van der Waals surface area contributed by atoms with Crippen LogP contribution in [0.1, 0.15) is 96.8 Å². The molecule has 0 aromatic carbocycles. The number of hydrogen-bond donors (Lipinski definition) is 1. The fourth-order valence-electron chi connectivity index (χ4n) is 4.29. The fourth-order valence-corrected chi connectivity index (χ4v) is 4.29. The minimum absolute atomic E-state index is 0.0205. The topological polar surface area (TPSA) is 56.8 Å². The molecule has 5 nitrogen and oxygen atoms in total. The van der Waals surface area contributed by atoms with Crippen molar-refractivity contribution in [2.75, 3.05) is 20.8 Å². The van der Waals surface area contributed by atoms with Gasteiger partial charge in [-0.05, 0) is 6.42 Å². The van der Waals surface area contributed by atoms with E-state index >= 15 is 0 Å². The van der Waals surface area contributed by atoms with Crippen LogP contribution in [-0.4, -0.2) is 58.8 Å². The predicted octanol–water partition coefficient (Wildman–Crippen LogP) is 3.97. The van der Waals surface area contributed by atoms with Crippen LogP contribution in [0.5, 0.6) is 0 Å². The average Bonchev–Trinajstić information content (AvgIpc) is 3.04. The zero-order valence-electron chi connectivity index (χ0n) is 19.5. The molecule has 170 valence electrons. The summed E-state index contributed by atoms with van der Waals surface area (Å²) in [5.74, 6) is 0.111. The number of amides is 1. The van der Waals surface area contributed by atoms with Crippen molar-refractivity contribution in [2.24, 2.45) is 0 Å². The zero-order chi connectivity index (χ0) is 21.3. The van der Waals surface area contributed by atoms with Crippen LogP contribution in [0.2, 0.25) is 0 Å². The maximum atomic E-state index is 12.1. The summed E-state index contributed by atoms with van der Waals surface area (Å²) in [4.78, 5) is 12.1. The van der Waals surface area contributed by atoms with Crippen LogP contribution in [0.15, 0.2) is 0 Å². The van der Waals surface area contributed by atoms with Gasteiger partial charge in [-0.2, -0.15) is 0 Å². The molecule has 0 aliphatic carbocycles. The van der Waals surface area contributed by atoms with Gasteiger partial charge >= 0.3 is 0 Å². The molecule has 1 aliphatic rings. The Labute approximate surface area is 180 Å². The summed E-state index contributed by atoms with van der Waals surface area (Å²) >= 11 is 0. The molecule has 1 fully saturated rings. The Morgan fingerprint density at radius 3 is 1.79 bits per heavy atom. The van der Waals surface area contributed by atoms with Gasteiger partial charge in [0.25, 0.3) is 0 Å². The Morgan fingerprint density at radius 1 is 0.828 bits per heavy atom. The Hall–Kier alpha value is -0.585. The summed E-state index contributed by atoms with van der Waals surface area (Å²) < 4.78 is 16.8. The van der Waals surface area contributed by atoms with E-state index in [2.05, 4.69) is 12.2 Å². The van der Waals surface area contributed by atoms with Crippen LogP contribution in [0, 0.1) is 0 Å². The molecule has 0 bridgehead atoms. The summed E-state index contributed by atoms with van der Waals surface area (Å²) in [5, 5.41) is 3.00. The Kier molecular flexibility index (Phi) is 15.6. The standard InChI is InChI=1S/C23H46BNO4/c1-4-5-6-7-8-9-10-11-12-13-14-15-16-17-20(26)25-18-19-21(27-2)22(28-3)23(24)29-19/h19,21-23H,4-18,24H2,1-3H3,(H,25,26)/t19-,21?,22+,23-/m1/s1. The second kappa shape index (κ2) is 17.1. The van der Waals surface area contributed by atoms with Gasteiger partial charge in [0.15, 0.2) is 0 Å². The minimum atomic E-state index is -0.143. The van der Waals surface area contributed by atoms with E-state index in [1.165, 1.54) is 70.6 Å². The Bertz CT molecular complexity index is 410. The molecule has 1 rings (SSSR count). The van der Waals surface area contributed by atoms with E-state index in [9.17, 15) is 4.79 Å². The molecule has 29 heavy (non-hydrogen) atoms. The van der Waals surface area contributed by atoms with Gasteiger partial charge in [-0.15, -0.1) is 0 Å². The van der Waals surface area contributed by atoms with Gasteiger partial charge in [-0.3, -0.25) is 4.79 Å². The van der Waals surface area contributed by atoms with Crippen molar-refractivity contribution in [2.45, 2.75) is 121 Å². The van der Waals surface area contributed by atoms with Crippen molar-refractivity contribution in [3.63, 3.8) is 0 Å². The van der Waals surface area contributed by atoms with E-state index in [1.54, 1.807) is 14.2 Å². The van der Waals surface area contributed by atoms with E-state index in [0.29, 0.717) is 13.0 Å². The van der Waals surface area contributed by atoms with Crippen LogP contribution in [0.25, 0.3) is 0 Å². The van der Waals surface area contributed by atoms with Crippen LogP contribution in [0.4, 0.5) is 0 Å². The molecule has 1 amide bonds. The van der Waals surface area contributed by atoms with Crippen LogP contribution in [-0.2, 0) is 19.0 Å².